The quantitative estimate of drug-likeness (QED) is 0.738. The Morgan fingerprint density at radius 3 is 2.50 bits per heavy atom. The summed E-state index contributed by atoms with van der Waals surface area (Å²) in [7, 11) is 0. The summed E-state index contributed by atoms with van der Waals surface area (Å²) in [6.45, 7) is 4.64. The molecule has 168 valence electrons. The lowest BCUT2D eigenvalue weighted by Gasteiger charge is -2.33. The summed E-state index contributed by atoms with van der Waals surface area (Å²) in [4.78, 5) is 15.2. The minimum Gasteiger partial charge on any atom is -0.493 e. The standard InChI is InChI=1S/C28H34N2O2/c31-28(30-18-15-22-3-1-2-4-26(22)19-30)25-7-5-23(6-8-25)24-9-11-27(12-10-24)32-20-21-13-16-29-17-14-21/h1-5,9-12,21,25,29H,6-8,13-20H2. The Bertz CT molecular complexity index is 960. The van der Waals surface area contributed by atoms with Crippen LogP contribution < -0.4 is 10.1 Å². The summed E-state index contributed by atoms with van der Waals surface area (Å²) in [6, 6.07) is 17.1. The molecule has 0 radical (unpaired) electrons. The van der Waals surface area contributed by atoms with Gasteiger partial charge in [0, 0.05) is 19.0 Å². The Morgan fingerprint density at radius 2 is 1.75 bits per heavy atom. The van der Waals surface area contributed by atoms with Gasteiger partial charge in [-0.1, -0.05) is 42.5 Å². The van der Waals surface area contributed by atoms with E-state index in [-0.39, 0.29) is 5.92 Å². The number of hydrogen-bond acceptors (Lipinski definition) is 3. The third-order valence-corrected chi connectivity index (χ3v) is 7.37. The van der Waals surface area contributed by atoms with Crippen LogP contribution in [0.2, 0.25) is 0 Å². The van der Waals surface area contributed by atoms with Gasteiger partial charge in [-0.05, 0) is 91.9 Å². The van der Waals surface area contributed by atoms with Gasteiger partial charge in [0.15, 0.2) is 0 Å². The van der Waals surface area contributed by atoms with E-state index < -0.39 is 0 Å². The second kappa shape index (κ2) is 9.91. The minimum absolute atomic E-state index is 0.122. The van der Waals surface area contributed by atoms with Crippen molar-refractivity contribution < 1.29 is 9.53 Å². The molecule has 1 amide bonds. The maximum atomic E-state index is 13.1. The number of rotatable bonds is 5. The van der Waals surface area contributed by atoms with E-state index in [9.17, 15) is 4.79 Å². The number of nitrogens with one attached hydrogen (secondary N) is 1. The molecule has 0 spiro atoms. The average molecular weight is 431 g/mol. The van der Waals surface area contributed by atoms with E-state index in [0.717, 1.165) is 64.2 Å². The molecule has 1 saturated heterocycles. The molecule has 2 aromatic rings. The van der Waals surface area contributed by atoms with Gasteiger partial charge < -0.3 is 15.0 Å². The Labute approximate surface area is 191 Å². The van der Waals surface area contributed by atoms with Crippen LogP contribution in [0.1, 0.15) is 48.8 Å². The van der Waals surface area contributed by atoms with Crippen LogP contribution in [0.4, 0.5) is 0 Å². The smallest absolute Gasteiger partial charge is 0.226 e. The molecular formula is C28H34N2O2. The van der Waals surface area contributed by atoms with E-state index in [4.69, 9.17) is 4.74 Å². The first-order valence-corrected chi connectivity index (χ1v) is 12.2. The van der Waals surface area contributed by atoms with Crippen LogP contribution in [-0.4, -0.2) is 37.0 Å². The van der Waals surface area contributed by atoms with E-state index >= 15 is 0 Å². The molecule has 4 nitrogen and oxygen atoms in total. The fourth-order valence-electron chi connectivity index (χ4n) is 5.29. The molecule has 1 unspecified atom stereocenters. The number of piperidine rings is 1. The molecule has 32 heavy (non-hydrogen) atoms. The van der Waals surface area contributed by atoms with Crippen LogP contribution in [0.25, 0.3) is 5.57 Å². The van der Waals surface area contributed by atoms with E-state index in [1.54, 1.807) is 0 Å². The zero-order valence-electron chi connectivity index (χ0n) is 18.9. The van der Waals surface area contributed by atoms with Crippen molar-refractivity contribution in [3.63, 3.8) is 0 Å². The van der Waals surface area contributed by atoms with Gasteiger partial charge in [0.05, 0.1) is 6.61 Å². The molecule has 2 aliphatic heterocycles. The van der Waals surface area contributed by atoms with Crippen molar-refractivity contribution in [2.45, 2.75) is 45.1 Å². The van der Waals surface area contributed by atoms with E-state index in [0.29, 0.717) is 11.8 Å². The summed E-state index contributed by atoms with van der Waals surface area (Å²) in [5, 5.41) is 3.40. The van der Waals surface area contributed by atoms with Crippen LogP contribution in [0.3, 0.4) is 0 Å². The van der Waals surface area contributed by atoms with Crippen molar-refractivity contribution in [3.8, 4) is 5.75 Å². The number of hydrogen-bond donors (Lipinski definition) is 1. The predicted octanol–water partition coefficient (Wildman–Crippen LogP) is 4.83. The topological polar surface area (TPSA) is 41.6 Å². The summed E-state index contributed by atoms with van der Waals surface area (Å²) in [5.41, 5.74) is 5.33. The first kappa shape index (κ1) is 21.3. The fraction of sp³-hybridized carbons (Fsp3) is 0.464. The van der Waals surface area contributed by atoms with Gasteiger partial charge in [-0.15, -0.1) is 0 Å². The summed E-state index contributed by atoms with van der Waals surface area (Å²) >= 11 is 0. The maximum Gasteiger partial charge on any atom is 0.226 e. The number of carbonyl (C=O) groups is 1. The minimum atomic E-state index is 0.122. The Kier molecular flexibility index (Phi) is 6.59. The highest BCUT2D eigenvalue weighted by Gasteiger charge is 2.28. The fourth-order valence-corrected chi connectivity index (χ4v) is 5.29. The molecular weight excluding hydrogens is 396 g/mol. The zero-order chi connectivity index (χ0) is 21.8. The second-order valence-corrected chi connectivity index (χ2v) is 9.51. The van der Waals surface area contributed by atoms with Crippen LogP contribution in [-0.2, 0) is 17.8 Å². The molecule has 0 aromatic heterocycles. The van der Waals surface area contributed by atoms with Crippen molar-refractivity contribution >= 4 is 11.5 Å². The Morgan fingerprint density at radius 1 is 0.969 bits per heavy atom. The van der Waals surface area contributed by atoms with Crippen molar-refractivity contribution in [1.82, 2.24) is 10.2 Å². The predicted molar refractivity (Wildman–Crippen MR) is 128 cm³/mol. The SMILES string of the molecule is O=C(C1CC=C(c2ccc(OCC3CCNCC3)cc2)CC1)N1CCc2ccccc2C1. The van der Waals surface area contributed by atoms with E-state index in [1.165, 1.54) is 35.1 Å². The van der Waals surface area contributed by atoms with Crippen LogP contribution in [0.15, 0.2) is 54.6 Å². The van der Waals surface area contributed by atoms with Crippen molar-refractivity contribution in [2.24, 2.45) is 11.8 Å². The van der Waals surface area contributed by atoms with Gasteiger partial charge in [0.1, 0.15) is 5.75 Å². The van der Waals surface area contributed by atoms with Gasteiger partial charge in [0.2, 0.25) is 5.91 Å². The van der Waals surface area contributed by atoms with Gasteiger partial charge in [-0.3, -0.25) is 4.79 Å². The molecule has 1 aliphatic carbocycles. The number of nitrogens with zero attached hydrogens (tertiary/aromatic N) is 1. The third kappa shape index (κ3) is 4.91. The summed E-state index contributed by atoms with van der Waals surface area (Å²) in [6.07, 6.45) is 8.42. The number of ether oxygens (including phenoxy) is 1. The van der Waals surface area contributed by atoms with Crippen LogP contribution in [0, 0.1) is 11.8 Å². The molecule has 2 heterocycles. The average Bonchev–Trinajstić information content (AvgIpc) is 2.88. The van der Waals surface area contributed by atoms with Gasteiger partial charge in [-0.25, -0.2) is 0 Å². The molecule has 0 saturated carbocycles. The normalized spacial score (nSPS) is 21.6. The molecule has 1 fully saturated rings. The molecule has 4 heteroatoms. The molecule has 1 atom stereocenters. The van der Waals surface area contributed by atoms with Crippen LogP contribution in [0.5, 0.6) is 5.75 Å². The van der Waals surface area contributed by atoms with Crippen LogP contribution >= 0.6 is 0 Å². The van der Waals surface area contributed by atoms with Gasteiger partial charge in [-0.2, -0.15) is 0 Å². The van der Waals surface area contributed by atoms with Gasteiger partial charge >= 0.3 is 0 Å². The second-order valence-electron chi connectivity index (χ2n) is 9.51. The Balaban J connectivity index is 1.14. The lowest BCUT2D eigenvalue weighted by Crippen LogP contribution is -2.40. The number of carbonyl (C=O) groups excluding carboxylic acids is 1. The van der Waals surface area contributed by atoms with Crippen molar-refractivity contribution in [1.29, 1.82) is 0 Å². The van der Waals surface area contributed by atoms with E-state index in [1.807, 2.05) is 0 Å². The molecule has 1 N–H and O–H groups in total. The monoisotopic (exact) mass is 430 g/mol. The highest BCUT2D eigenvalue weighted by atomic mass is 16.5. The number of allylic oxidation sites excluding steroid dienone is 2. The lowest BCUT2D eigenvalue weighted by molar-refractivity contribution is -0.136. The number of amides is 1. The molecule has 3 aliphatic rings. The molecule has 0 bridgehead atoms. The lowest BCUT2D eigenvalue weighted by atomic mass is 9.85. The molecule has 5 rings (SSSR count). The first-order chi connectivity index (χ1) is 15.8. The zero-order valence-corrected chi connectivity index (χ0v) is 18.9. The van der Waals surface area contributed by atoms with E-state index in [2.05, 4.69) is 64.8 Å². The summed E-state index contributed by atoms with van der Waals surface area (Å²) < 4.78 is 6.03. The molecule has 2 aromatic carbocycles. The Hall–Kier alpha value is -2.59. The highest BCUT2D eigenvalue weighted by molar-refractivity contribution is 5.81. The van der Waals surface area contributed by atoms with Crippen molar-refractivity contribution in [3.05, 3.63) is 71.3 Å². The number of benzene rings is 2. The highest BCUT2D eigenvalue weighted by Crippen LogP contribution is 2.33. The summed E-state index contributed by atoms with van der Waals surface area (Å²) in [5.74, 6) is 2.08. The van der Waals surface area contributed by atoms with Gasteiger partial charge in [0.25, 0.3) is 0 Å². The van der Waals surface area contributed by atoms with Crippen molar-refractivity contribution in [2.75, 3.05) is 26.2 Å². The number of fused-ring (bicyclic) bond motifs is 1. The first-order valence-electron chi connectivity index (χ1n) is 12.2. The maximum absolute atomic E-state index is 13.1. The third-order valence-electron chi connectivity index (χ3n) is 7.37. The largest absolute Gasteiger partial charge is 0.493 e.